The van der Waals surface area contributed by atoms with Crippen LogP contribution in [0.25, 0.3) is 0 Å². The quantitative estimate of drug-likeness (QED) is 0.579. The highest BCUT2D eigenvalue weighted by Gasteiger charge is 2.18. The number of rotatable bonds is 2. The molecule has 0 aliphatic heterocycles. The summed E-state index contributed by atoms with van der Waals surface area (Å²) in [6.45, 7) is 0. The number of hydrogen-bond acceptors (Lipinski definition) is 3. The first-order valence-corrected chi connectivity index (χ1v) is 3.98. The second-order valence-corrected chi connectivity index (χ2v) is 2.95. The SMILES string of the molecule is COC(=O)CC1CC=CC(=O)C1. The second kappa shape index (κ2) is 4.04. The van der Waals surface area contributed by atoms with E-state index < -0.39 is 0 Å². The van der Waals surface area contributed by atoms with Crippen LogP contribution >= 0.6 is 0 Å². The lowest BCUT2D eigenvalue weighted by molar-refractivity contribution is -0.141. The third kappa shape index (κ3) is 2.49. The van der Waals surface area contributed by atoms with Crippen LogP contribution in [0.3, 0.4) is 0 Å². The Morgan fingerprint density at radius 1 is 1.75 bits per heavy atom. The molecule has 66 valence electrons. The molecule has 0 amide bonds. The largest absolute Gasteiger partial charge is 0.469 e. The molecule has 0 aromatic heterocycles. The molecule has 0 bridgehead atoms. The van der Waals surface area contributed by atoms with Gasteiger partial charge in [-0.15, -0.1) is 0 Å². The number of ketones is 1. The van der Waals surface area contributed by atoms with Crippen molar-refractivity contribution in [2.45, 2.75) is 19.3 Å². The molecular weight excluding hydrogens is 156 g/mol. The molecule has 0 radical (unpaired) electrons. The van der Waals surface area contributed by atoms with Crippen LogP contribution in [0, 0.1) is 5.92 Å². The number of allylic oxidation sites excluding steroid dienone is 2. The first-order valence-electron chi connectivity index (χ1n) is 3.98. The number of carbonyl (C=O) groups excluding carboxylic acids is 2. The van der Waals surface area contributed by atoms with E-state index in [1.807, 2.05) is 6.08 Å². The third-order valence-electron chi connectivity index (χ3n) is 1.95. The average Bonchev–Trinajstić information content (AvgIpc) is 2.04. The topological polar surface area (TPSA) is 43.4 Å². The molecule has 0 fully saturated rings. The highest BCUT2D eigenvalue weighted by Crippen LogP contribution is 2.19. The van der Waals surface area contributed by atoms with Crippen molar-refractivity contribution < 1.29 is 14.3 Å². The van der Waals surface area contributed by atoms with E-state index in [0.29, 0.717) is 12.8 Å². The molecule has 1 aliphatic rings. The predicted molar refractivity (Wildman–Crippen MR) is 43.5 cm³/mol. The van der Waals surface area contributed by atoms with E-state index in [2.05, 4.69) is 4.74 Å². The fourth-order valence-corrected chi connectivity index (χ4v) is 1.30. The van der Waals surface area contributed by atoms with Crippen molar-refractivity contribution in [1.82, 2.24) is 0 Å². The van der Waals surface area contributed by atoms with Crippen molar-refractivity contribution in [3.05, 3.63) is 12.2 Å². The molecule has 1 aliphatic carbocycles. The Kier molecular flexibility index (Phi) is 3.02. The van der Waals surface area contributed by atoms with Crippen LogP contribution in [0.1, 0.15) is 19.3 Å². The predicted octanol–water partition coefficient (Wildman–Crippen LogP) is 1.08. The van der Waals surface area contributed by atoms with E-state index >= 15 is 0 Å². The highest BCUT2D eigenvalue weighted by molar-refractivity contribution is 5.90. The van der Waals surface area contributed by atoms with Gasteiger partial charge in [0.2, 0.25) is 0 Å². The molecule has 1 atom stereocenters. The standard InChI is InChI=1S/C9H12O3/c1-12-9(11)6-7-3-2-4-8(10)5-7/h2,4,7H,3,5-6H2,1H3. The van der Waals surface area contributed by atoms with Gasteiger partial charge in [-0.25, -0.2) is 0 Å². The lowest BCUT2D eigenvalue weighted by atomic mass is 9.91. The summed E-state index contributed by atoms with van der Waals surface area (Å²) in [5, 5.41) is 0. The van der Waals surface area contributed by atoms with Crippen LogP contribution in [0.5, 0.6) is 0 Å². The van der Waals surface area contributed by atoms with Gasteiger partial charge in [0.15, 0.2) is 5.78 Å². The number of carbonyl (C=O) groups is 2. The summed E-state index contributed by atoms with van der Waals surface area (Å²) in [7, 11) is 1.36. The second-order valence-electron chi connectivity index (χ2n) is 2.95. The molecule has 0 N–H and O–H groups in total. The fraction of sp³-hybridized carbons (Fsp3) is 0.556. The minimum atomic E-state index is -0.233. The van der Waals surface area contributed by atoms with Crippen LogP contribution in [0.15, 0.2) is 12.2 Å². The van der Waals surface area contributed by atoms with Gasteiger partial charge >= 0.3 is 5.97 Å². The zero-order valence-electron chi connectivity index (χ0n) is 7.08. The number of hydrogen-bond donors (Lipinski definition) is 0. The highest BCUT2D eigenvalue weighted by atomic mass is 16.5. The molecule has 3 heteroatoms. The molecule has 0 aromatic carbocycles. The number of ether oxygens (including phenoxy) is 1. The molecule has 1 rings (SSSR count). The van der Waals surface area contributed by atoms with E-state index in [4.69, 9.17) is 0 Å². The van der Waals surface area contributed by atoms with Crippen LogP contribution < -0.4 is 0 Å². The molecule has 1 unspecified atom stereocenters. The van der Waals surface area contributed by atoms with Crippen molar-refractivity contribution in [1.29, 1.82) is 0 Å². The molecular formula is C9H12O3. The van der Waals surface area contributed by atoms with E-state index in [-0.39, 0.29) is 17.7 Å². The van der Waals surface area contributed by atoms with Gasteiger partial charge in [0.05, 0.1) is 7.11 Å². The van der Waals surface area contributed by atoms with Gasteiger partial charge in [-0.05, 0) is 18.4 Å². The maximum atomic E-state index is 10.9. The van der Waals surface area contributed by atoms with Crippen LogP contribution in [0.2, 0.25) is 0 Å². The van der Waals surface area contributed by atoms with Crippen LogP contribution in [-0.2, 0) is 14.3 Å². The molecule has 0 saturated heterocycles. The van der Waals surface area contributed by atoms with Crippen molar-refractivity contribution in [2.75, 3.05) is 7.11 Å². The Morgan fingerprint density at radius 2 is 2.50 bits per heavy atom. The van der Waals surface area contributed by atoms with Crippen LogP contribution in [-0.4, -0.2) is 18.9 Å². The molecule has 0 spiro atoms. The summed E-state index contributed by atoms with van der Waals surface area (Å²) < 4.78 is 4.51. The van der Waals surface area contributed by atoms with E-state index in [1.54, 1.807) is 6.08 Å². The Bertz CT molecular complexity index is 218. The zero-order chi connectivity index (χ0) is 8.97. The van der Waals surface area contributed by atoms with Crippen molar-refractivity contribution >= 4 is 11.8 Å². The van der Waals surface area contributed by atoms with E-state index in [9.17, 15) is 9.59 Å². The first kappa shape index (κ1) is 8.97. The summed E-state index contributed by atoms with van der Waals surface area (Å²) >= 11 is 0. The molecule has 0 aromatic rings. The molecule has 0 heterocycles. The van der Waals surface area contributed by atoms with Crippen molar-refractivity contribution in [3.8, 4) is 0 Å². The summed E-state index contributed by atoms with van der Waals surface area (Å²) in [5.74, 6) is 0.0215. The smallest absolute Gasteiger partial charge is 0.305 e. The van der Waals surface area contributed by atoms with Gasteiger partial charge in [-0.3, -0.25) is 9.59 Å². The van der Waals surface area contributed by atoms with Crippen molar-refractivity contribution in [2.24, 2.45) is 5.92 Å². The Balaban J connectivity index is 2.39. The lowest BCUT2D eigenvalue weighted by Crippen LogP contribution is -2.15. The Labute approximate surface area is 71.4 Å². The third-order valence-corrected chi connectivity index (χ3v) is 1.95. The fourth-order valence-electron chi connectivity index (χ4n) is 1.30. The zero-order valence-corrected chi connectivity index (χ0v) is 7.08. The average molecular weight is 168 g/mol. The normalized spacial score (nSPS) is 22.4. The Hall–Kier alpha value is -1.12. The number of methoxy groups -OCH3 is 1. The minimum Gasteiger partial charge on any atom is -0.469 e. The summed E-state index contributed by atoms with van der Waals surface area (Å²) in [4.78, 5) is 21.7. The van der Waals surface area contributed by atoms with E-state index in [1.165, 1.54) is 7.11 Å². The number of esters is 1. The van der Waals surface area contributed by atoms with Gasteiger partial charge in [-0.1, -0.05) is 6.08 Å². The lowest BCUT2D eigenvalue weighted by Gasteiger charge is -2.14. The molecule has 12 heavy (non-hydrogen) atoms. The van der Waals surface area contributed by atoms with Gasteiger partial charge in [-0.2, -0.15) is 0 Å². The minimum absolute atomic E-state index is 0.107. The summed E-state index contributed by atoms with van der Waals surface area (Å²) in [5.41, 5.74) is 0. The van der Waals surface area contributed by atoms with Gasteiger partial charge in [0, 0.05) is 12.8 Å². The van der Waals surface area contributed by atoms with Gasteiger partial charge in [0.25, 0.3) is 0 Å². The van der Waals surface area contributed by atoms with Gasteiger partial charge < -0.3 is 4.74 Å². The summed E-state index contributed by atoms with van der Waals surface area (Å²) in [6.07, 6.45) is 5.03. The van der Waals surface area contributed by atoms with Gasteiger partial charge in [0.1, 0.15) is 0 Å². The first-order chi connectivity index (χ1) is 5.72. The van der Waals surface area contributed by atoms with Crippen LogP contribution in [0.4, 0.5) is 0 Å². The van der Waals surface area contributed by atoms with Crippen molar-refractivity contribution in [3.63, 3.8) is 0 Å². The maximum absolute atomic E-state index is 10.9. The molecule has 0 saturated carbocycles. The van der Waals surface area contributed by atoms with E-state index in [0.717, 1.165) is 6.42 Å². The molecule has 3 nitrogen and oxygen atoms in total. The monoisotopic (exact) mass is 168 g/mol. The Morgan fingerprint density at radius 3 is 3.08 bits per heavy atom. The summed E-state index contributed by atoms with van der Waals surface area (Å²) in [6, 6.07) is 0. The maximum Gasteiger partial charge on any atom is 0.305 e.